The van der Waals surface area contributed by atoms with Gasteiger partial charge in [0.1, 0.15) is 6.61 Å². The van der Waals surface area contributed by atoms with Gasteiger partial charge in [0.05, 0.1) is 38.5 Å². The predicted octanol–water partition coefficient (Wildman–Crippen LogP) is 7.18. The molecule has 0 atom stereocenters. The molecule has 0 unspecified atom stereocenters. The van der Waals surface area contributed by atoms with Crippen LogP contribution in [0.15, 0.2) is 65.6 Å². The van der Waals surface area contributed by atoms with Gasteiger partial charge in [-0.2, -0.15) is 18.4 Å². The van der Waals surface area contributed by atoms with E-state index in [4.69, 9.17) is 21.7 Å². The Morgan fingerprint density at radius 2 is 1.92 bits per heavy atom. The lowest BCUT2D eigenvalue weighted by Crippen LogP contribution is -2.27. The first kappa shape index (κ1) is 27.0. The van der Waals surface area contributed by atoms with E-state index in [9.17, 15) is 23.2 Å². The number of thioether (sulfide) groups is 1. The Kier molecular flexibility index (Phi) is 8.11. The molecule has 1 saturated heterocycles. The van der Waals surface area contributed by atoms with Crippen LogP contribution in [0.5, 0.6) is 11.5 Å². The summed E-state index contributed by atoms with van der Waals surface area (Å²) in [4.78, 5) is 14.4. The topological polar surface area (TPSA) is 62.6 Å². The summed E-state index contributed by atoms with van der Waals surface area (Å²) in [6, 6.07) is 17.2. The summed E-state index contributed by atoms with van der Waals surface area (Å²) in [7, 11) is 1.48. The Morgan fingerprint density at radius 1 is 1.16 bits per heavy atom. The van der Waals surface area contributed by atoms with E-state index in [1.807, 2.05) is 6.07 Å². The number of nitrogens with zero attached hydrogens (tertiary/aromatic N) is 2. The molecule has 0 aromatic heterocycles. The summed E-state index contributed by atoms with van der Waals surface area (Å²) in [6.45, 7) is 0.158. The van der Waals surface area contributed by atoms with Crippen molar-refractivity contribution in [1.29, 1.82) is 5.26 Å². The number of ether oxygens (including phenoxy) is 2. The maximum atomic E-state index is 13.2. The highest BCUT2D eigenvalue weighted by atomic mass is 127. The molecule has 3 aromatic carbocycles. The number of carbonyl (C=O) groups is 1. The number of halogens is 4. The van der Waals surface area contributed by atoms with Crippen molar-refractivity contribution in [2.24, 2.45) is 0 Å². The normalized spacial score (nSPS) is 14.7. The fourth-order valence-electron chi connectivity index (χ4n) is 3.53. The molecule has 0 saturated carbocycles. The zero-order valence-corrected chi connectivity index (χ0v) is 22.8. The molecule has 1 aliphatic rings. The van der Waals surface area contributed by atoms with Gasteiger partial charge in [-0.05, 0) is 70.6 Å². The van der Waals surface area contributed by atoms with Crippen molar-refractivity contribution in [1.82, 2.24) is 0 Å². The molecule has 0 N–H and O–H groups in total. The first-order valence-corrected chi connectivity index (χ1v) is 12.9. The second kappa shape index (κ2) is 11.1. The minimum atomic E-state index is -4.54. The Hall–Kier alpha value is -3.08. The molecule has 1 fully saturated rings. The van der Waals surface area contributed by atoms with Gasteiger partial charge < -0.3 is 9.47 Å². The highest BCUT2D eigenvalue weighted by Crippen LogP contribution is 2.40. The average Bonchev–Trinajstić information content (AvgIpc) is 3.15. The third-order valence-electron chi connectivity index (χ3n) is 5.28. The lowest BCUT2D eigenvalue weighted by Gasteiger charge is -2.16. The van der Waals surface area contributed by atoms with Crippen LogP contribution < -0.4 is 14.4 Å². The third-order valence-corrected chi connectivity index (χ3v) is 7.39. The molecule has 37 heavy (non-hydrogen) atoms. The number of hydrogen-bond acceptors (Lipinski definition) is 6. The Morgan fingerprint density at radius 3 is 2.62 bits per heavy atom. The number of rotatable bonds is 6. The molecule has 1 amide bonds. The molecule has 1 aliphatic heterocycles. The monoisotopic (exact) mass is 652 g/mol. The van der Waals surface area contributed by atoms with E-state index in [1.165, 1.54) is 19.2 Å². The third kappa shape index (κ3) is 5.92. The van der Waals surface area contributed by atoms with Crippen LogP contribution in [-0.4, -0.2) is 17.3 Å². The number of nitriles is 1. The minimum Gasteiger partial charge on any atom is -0.493 e. The number of benzene rings is 3. The maximum Gasteiger partial charge on any atom is 0.416 e. The van der Waals surface area contributed by atoms with Crippen molar-refractivity contribution in [3.8, 4) is 17.6 Å². The minimum absolute atomic E-state index is 0.0503. The summed E-state index contributed by atoms with van der Waals surface area (Å²) in [6.07, 6.45) is -2.94. The van der Waals surface area contributed by atoms with Gasteiger partial charge in [-0.25, -0.2) is 0 Å². The van der Waals surface area contributed by atoms with E-state index in [0.29, 0.717) is 26.2 Å². The highest BCUT2D eigenvalue weighted by molar-refractivity contribution is 14.1. The van der Waals surface area contributed by atoms with Gasteiger partial charge in [-0.15, -0.1) is 0 Å². The van der Waals surface area contributed by atoms with Crippen molar-refractivity contribution in [3.05, 3.63) is 91.4 Å². The Balaban J connectivity index is 1.60. The summed E-state index contributed by atoms with van der Waals surface area (Å²) >= 11 is 8.39. The molecule has 4 rings (SSSR count). The van der Waals surface area contributed by atoms with Crippen molar-refractivity contribution in [3.63, 3.8) is 0 Å². The molecule has 3 aromatic rings. The lowest BCUT2D eigenvalue weighted by molar-refractivity contribution is -0.137. The van der Waals surface area contributed by atoms with E-state index in [2.05, 4.69) is 28.7 Å². The van der Waals surface area contributed by atoms with Crippen LogP contribution in [0.2, 0.25) is 0 Å². The van der Waals surface area contributed by atoms with Gasteiger partial charge in [-0.3, -0.25) is 9.69 Å². The summed E-state index contributed by atoms with van der Waals surface area (Å²) in [5, 5.41) is 9.29. The second-order valence-electron chi connectivity index (χ2n) is 7.66. The van der Waals surface area contributed by atoms with Crippen LogP contribution in [0.25, 0.3) is 6.08 Å². The molecule has 188 valence electrons. The first-order valence-electron chi connectivity index (χ1n) is 10.6. The van der Waals surface area contributed by atoms with Gasteiger partial charge in [-0.1, -0.05) is 48.2 Å². The fraction of sp³-hybridized carbons (Fsp3) is 0.115. The molecular formula is C26H16F3IN2O3S2. The molecule has 1 heterocycles. The highest BCUT2D eigenvalue weighted by Gasteiger charge is 2.36. The molecule has 0 aliphatic carbocycles. The van der Waals surface area contributed by atoms with E-state index in [-0.39, 0.29) is 21.5 Å². The van der Waals surface area contributed by atoms with E-state index >= 15 is 0 Å². The zero-order valence-electron chi connectivity index (χ0n) is 19.0. The van der Waals surface area contributed by atoms with Gasteiger partial charge in [0.15, 0.2) is 15.8 Å². The largest absolute Gasteiger partial charge is 0.493 e. The predicted molar refractivity (Wildman–Crippen MR) is 148 cm³/mol. The Labute approximate surface area is 234 Å². The number of anilines is 1. The van der Waals surface area contributed by atoms with Crippen LogP contribution in [0.3, 0.4) is 0 Å². The number of hydrogen-bond donors (Lipinski definition) is 0. The van der Waals surface area contributed by atoms with Crippen molar-refractivity contribution >= 4 is 68.6 Å². The number of thiocarbonyl (C=S) groups is 1. The van der Waals surface area contributed by atoms with Gasteiger partial charge in [0.25, 0.3) is 5.91 Å². The number of carbonyl (C=O) groups excluding carboxylic acids is 1. The van der Waals surface area contributed by atoms with E-state index in [1.54, 1.807) is 36.4 Å². The van der Waals surface area contributed by atoms with Crippen LogP contribution in [0.4, 0.5) is 18.9 Å². The lowest BCUT2D eigenvalue weighted by atomic mass is 10.1. The maximum absolute atomic E-state index is 13.2. The summed E-state index contributed by atoms with van der Waals surface area (Å²) in [5.41, 5.74) is 1.04. The SMILES string of the molecule is COc1cc(/C=C2\SC(=S)N(c3cccc(C(F)(F)F)c3)C2=O)cc(I)c1OCc1ccccc1C#N. The average molecular weight is 652 g/mol. The van der Waals surface area contributed by atoms with Crippen molar-refractivity contribution in [2.75, 3.05) is 12.0 Å². The van der Waals surface area contributed by atoms with Crippen LogP contribution in [0, 0.1) is 14.9 Å². The van der Waals surface area contributed by atoms with Crippen molar-refractivity contribution < 1.29 is 27.4 Å². The van der Waals surface area contributed by atoms with E-state index < -0.39 is 17.6 Å². The molecule has 0 radical (unpaired) electrons. The number of methoxy groups -OCH3 is 1. The smallest absolute Gasteiger partial charge is 0.416 e. The van der Waals surface area contributed by atoms with Gasteiger partial charge in [0.2, 0.25) is 0 Å². The summed E-state index contributed by atoms with van der Waals surface area (Å²) in [5.74, 6) is 0.377. The molecule has 11 heteroatoms. The van der Waals surface area contributed by atoms with E-state index in [0.717, 1.165) is 34.4 Å². The molecule has 0 bridgehead atoms. The molecule has 5 nitrogen and oxygen atoms in total. The number of amides is 1. The first-order chi connectivity index (χ1) is 17.6. The van der Waals surface area contributed by atoms with Crippen molar-refractivity contribution in [2.45, 2.75) is 12.8 Å². The van der Waals surface area contributed by atoms with Gasteiger partial charge >= 0.3 is 6.18 Å². The van der Waals surface area contributed by atoms with Crippen LogP contribution >= 0.6 is 46.6 Å². The quantitative estimate of drug-likeness (QED) is 0.160. The van der Waals surface area contributed by atoms with Crippen LogP contribution in [-0.2, 0) is 17.6 Å². The standard InChI is InChI=1S/C26H16F3IN2O3S2/c1-34-21-10-15(9-20(30)23(21)35-14-17-6-3-2-5-16(17)13-31)11-22-24(33)32(25(36)37-22)19-8-4-7-18(12-19)26(27,28)29/h2-12H,14H2,1H3/b22-11-. The Bertz CT molecular complexity index is 1470. The molecular weight excluding hydrogens is 636 g/mol. The second-order valence-corrected chi connectivity index (χ2v) is 10.5. The molecule has 0 spiro atoms. The zero-order chi connectivity index (χ0) is 26.7. The number of alkyl halides is 3. The summed E-state index contributed by atoms with van der Waals surface area (Å²) < 4.78 is 51.8. The van der Waals surface area contributed by atoms with Gasteiger partial charge in [0, 0.05) is 5.56 Å². The van der Waals surface area contributed by atoms with Crippen LogP contribution in [0.1, 0.15) is 22.3 Å². The fourth-order valence-corrected chi connectivity index (χ4v) is 5.61.